The van der Waals surface area contributed by atoms with E-state index in [0.29, 0.717) is 12.1 Å². The van der Waals surface area contributed by atoms with Crippen LogP contribution in [-0.4, -0.2) is 23.8 Å². The number of nitriles is 1. The smallest absolute Gasteiger partial charge is 0.101 e. The van der Waals surface area contributed by atoms with Gasteiger partial charge in [0.25, 0.3) is 0 Å². The Morgan fingerprint density at radius 2 is 2.24 bits per heavy atom. The third-order valence-electron chi connectivity index (χ3n) is 3.29. The van der Waals surface area contributed by atoms with Gasteiger partial charge in [-0.15, -0.1) is 0 Å². The molecule has 0 bridgehead atoms. The van der Waals surface area contributed by atoms with Crippen LogP contribution in [0.2, 0.25) is 0 Å². The van der Waals surface area contributed by atoms with Crippen molar-refractivity contribution in [3.63, 3.8) is 0 Å². The van der Waals surface area contributed by atoms with E-state index < -0.39 is 5.60 Å². The van der Waals surface area contributed by atoms with E-state index in [1.54, 1.807) is 0 Å². The van der Waals surface area contributed by atoms with E-state index in [1.807, 2.05) is 32.0 Å². The zero-order valence-electron chi connectivity index (χ0n) is 10.4. The standard InChI is InChI=1S/C14H18N2O/c1-11-4-5-13(12(8-11)9-15)16-7-3-6-14(2,17)10-16/h4-5,8,17H,3,6-7,10H2,1-2H3. The molecule has 90 valence electrons. The van der Waals surface area contributed by atoms with Crippen LogP contribution in [0, 0.1) is 18.3 Å². The number of aryl methyl sites for hydroxylation is 1. The summed E-state index contributed by atoms with van der Waals surface area (Å²) in [6.07, 6.45) is 1.79. The summed E-state index contributed by atoms with van der Waals surface area (Å²) in [6, 6.07) is 8.13. The molecule has 0 amide bonds. The van der Waals surface area contributed by atoms with Crippen molar-refractivity contribution in [3.05, 3.63) is 29.3 Å². The molecule has 1 fully saturated rings. The Hall–Kier alpha value is -1.53. The summed E-state index contributed by atoms with van der Waals surface area (Å²) in [6.45, 7) is 5.36. The number of rotatable bonds is 1. The minimum Gasteiger partial charge on any atom is -0.388 e. The number of β-amino-alcohol motifs (C(OH)–C–C–N with tert-alkyl or cyclic N) is 1. The SMILES string of the molecule is Cc1ccc(N2CCCC(C)(O)C2)c(C#N)c1. The van der Waals surface area contributed by atoms with Gasteiger partial charge in [0.15, 0.2) is 0 Å². The summed E-state index contributed by atoms with van der Waals surface area (Å²) in [5.41, 5.74) is 2.09. The molecule has 1 unspecified atom stereocenters. The van der Waals surface area contributed by atoms with Crippen molar-refractivity contribution in [2.45, 2.75) is 32.3 Å². The van der Waals surface area contributed by atoms with Crippen LogP contribution < -0.4 is 4.90 Å². The number of hydrogen-bond acceptors (Lipinski definition) is 3. The number of anilines is 1. The largest absolute Gasteiger partial charge is 0.388 e. The van der Waals surface area contributed by atoms with E-state index in [9.17, 15) is 5.11 Å². The van der Waals surface area contributed by atoms with Crippen molar-refractivity contribution in [2.24, 2.45) is 0 Å². The molecule has 0 spiro atoms. The summed E-state index contributed by atoms with van der Waals surface area (Å²) in [4.78, 5) is 2.11. The third-order valence-corrected chi connectivity index (χ3v) is 3.29. The fraction of sp³-hybridized carbons (Fsp3) is 0.500. The molecule has 3 nitrogen and oxygen atoms in total. The van der Waals surface area contributed by atoms with Gasteiger partial charge >= 0.3 is 0 Å². The van der Waals surface area contributed by atoms with Gasteiger partial charge in [0.2, 0.25) is 0 Å². The highest BCUT2D eigenvalue weighted by Crippen LogP contribution is 2.28. The van der Waals surface area contributed by atoms with E-state index in [4.69, 9.17) is 5.26 Å². The maximum atomic E-state index is 10.1. The molecule has 2 rings (SSSR count). The van der Waals surface area contributed by atoms with Crippen molar-refractivity contribution in [2.75, 3.05) is 18.0 Å². The molecule has 1 aliphatic rings. The summed E-state index contributed by atoms with van der Waals surface area (Å²) in [7, 11) is 0. The normalized spacial score (nSPS) is 24.5. The van der Waals surface area contributed by atoms with E-state index in [1.165, 1.54) is 0 Å². The second kappa shape index (κ2) is 4.38. The number of nitrogens with zero attached hydrogens (tertiary/aromatic N) is 2. The molecule has 1 aliphatic heterocycles. The first-order valence-electron chi connectivity index (χ1n) is 6.00. The van der Waals surface area contributed by atoms with E-state index >= 15 is 0 Å². The molecular weight excluding hydrogens is 212 g/mol. The van der Waals surface area contributed by atoms with E-state index in [0.717, 1.165) is 30.6 Å². The Morgan fingerprint density at radius 1 is 1.47 bits per heavy atom. The Morgan fingerprint density at radius 3 is 2.88 bits per heavy atom. The monoisotopic (exact) mass is 230 g/mol. The highest BCUT2D eigenvalue weighted by atomic mass is 16.3. The fourth-order valence-corrected chi connectivity index (χ4v) is 2.44. The van der Waals surface area contributed by atoms with Crippen LogP contribution in [0.3, 0.4) is 0 Å². The quantitative estimate of drug-likeness (QED) is 0.804. The predicted molar refractivity (Wildman–Crippen MR) is 68.0 cm³/mol. The first-order valence-corrected chi connectivity index (χ1v) is 6.00. The molecule has 0 aliphatic carbocycles. The second-order valence-electron chi connectivity index (χ2n) is 5.15. The predicted octanol–water partition coefficient (Wildman–Crippen LogP) is 2.22. The van der Waals surface area contributed by atoms with Crippen molar-refractivity contribution in [1.29, 1.82) is 5.26 Å². The molecule has 1 aromatic carbocycles. The van der Waals surface area contributed by atoms with Gasteiger partial charge in [-0.1, -0.05) is 6.07 Å². The van der Waals surface area contributed by atoms with Crippen LogP contribution in [0.5, 0.6) is 0 Å². The van der Waals surface area contributed by atoms with Crippen LogP contribution in [0.25, 0.3) is 0 Å². The highest BCUT2D eigenvalue weighted by molar-refractivity contribution is 5.60. The van der Waals surface area contributed by atoms with Gasteiger partial charge in [0.05, 0.1) is 16.9 Å². The van der Waals surface area contributed by atoms with Crippen molar-refractivity contribution < 1.29 is 5.11 Å². The molecule has 1 aromatic rings. The molecule has 17 heavy (non-hydrogen) atoms. The summed E-state index contributed by atoms with van der Waals surface area (Å²) in [5, 5.41) is 19.3. The molecule has 1 saturated heterocycles. The average Bonchev–Trinajstić information content (AvgIpc) is 2.27. The number of benzene rings is 1. The minimum absolute atomic E-state index is 0.602. The van der Waals surface area contributed by atoms with Crippen LogP contribution >= 0.6 is 0 Å². The number of piperidine rings is 1. The lowest BCUT2D eigenvalue weighted by molar-refractivity contribution is 0.0449. The van der Waals surface area contributed by atoms with Gasteiger partial charge in [0, 0.05) is 13.1 Å². The molecular formula is C14H18N2O. The van der Waals surface area contributed by atoms with Crippen molar-refractivity contribution in [3.8, 4) is 6.07 Å². The third kappa shape index (κ3) is 2.59. The number of aliphatic hydroxyl groups is 1. The van der Waals surface area contributed by atoms with Crippen LogP contribution in [-0.2, 0) is 0 Å². The lowest BCUT2D eigenvalue weighted by Gasteiger charge is -2.38. The summed E-state index contributed by atoms with van der Waals surface area (Å²) >= 11 is 0. The minimum atomic E-state index is -0.643. The molecule has 3 heteroatoms. The summed E-state index contributed by atoms with van der Waals surface area (Å²) < 4.78 is 0. The maximum Gasteiger partial charge on any atom is 0.101 e. The Balaban J connectivity index is 2.31. The Bertz CT molecular complexity index is 460. The average molecular weight is 230 g/mol. The van der Waals surface area contributed by atoms with Gasteiger partial charge in [0.1, 0.15) is 6.07 Å². The lowest BCUT2D eigenvalue weighted by Crippen LogP contribution is -2.46. The molecule has 1 N–H and O–H groups in total. The fourth-order valence-electron chi connectivity index (χ4n) is 2.44. The van der Waals surface area contributed by atoms with Crippen LogP contribution in [0.15, 0.2) is 18.2 Å². The van der Waals surface area contributed by atoms with Crippen molar-refractivity contribution in [1.82, 2.24) is 0 Å². The van der Waals surface area contributed by atoms with Gasteiger partial charge in [-0.05, 0) is 44.4 Å². The van der Waals surface area contributed by atoms with E-state index in [2.05, 4.69) is 11.0 Å². The molecule has 0 radical (unpaired) electrons. The molecule has 0 aromatic heterocycles. The first-order chi connectivity index (χ1) is 8.02. The van der Waals surface area contributed by atoms with Gasteiger partial charge < -0.3 is 10.0 Å². The lowest BCUT2D eigenvalue weighted by atomic mass is 9.94. The zero-order valence-corrected chi connectivity index (χ0v) is 10.4. The molecule has 1 atom stereocenters. The van der Waals surface area contributed by atoms with E-state index in [-0.39, 0.29) is 0 Å². The maximum absolute atomic E-state index is 10.1. The van der Waals surface area contributed by atoms with Gasteiger partial charge in [-0.2, -0.15) is 5.26 Å². The first kappa shape index (κ1) is 11.9. The Labute approximate surface area is 102 Å². The molecule has 1 heterocycles. The van der Waals surface area contributed by atoms with Gasteiger partial charge in [-0.3, -0.25) is 0 Å². The molecule has 0 saturated carbocycles. The summed E-state index contributed by atoms with van der Waals surface area (Å²) in [5.74, 6) is 0. The van der Waals surface area contributed by atoms with Crippen LogP contribution in [0.4, 0.5) is 5.69 Å². The highest BCUT2D eigenvalue weighted by Gasteiger charge is 2.29. The zero-order chi connectivity index (χ0) is 12.5. The van der Waals surface area contributed by atoms with Gasteiger partial charge in [-0.25, -0.2) is 0 Å². The Kier molecular flexibility index (Phi) is 3.08. The second-order valence-corrected chi connectivity index (χ2v) is 5.15. The number of hydrogen-bond donors (Lipinski definition) is 1. The van der Waals surface area contributed by atoms with Crippen LogP contribution in [0.1, 0.15) is 30.9 Å². The van der Waals surface area contributed by atoms with Crippen molar-refractivity contribution >= 4 is 5.69 Å². The topological polar surface area (TPSA) is 47.3 Å².